The molecule has 4 unspecified atom stereocenters. The van der Waals surface area contributed by atoms with E-state index in [1.165, 1.54) is 6.92 Å². The van der Waals surface area contributed by atoms with Crippen LogP contribution in [-0.2, 0) is 19.1 Å². The van der Waals surface area contributed by atoms with Crippen molar-refractivity contribution in [2.45, 2.75) is 59.2 Å². The highest BCUT2D eigenvalue weighted by Gasteiger charge is 2.63. The van der Waals surface area contributed by atoms with Gasteiger partial charge in [0.05, 0.1) is 0 Å². The highest BCUT2D eigenvalue weighted by molar-refractivity contribution is 5.94. The predicted molar refractivity (Wildman–Crippen MR) is 72.7 cm³/mol. The molecule has 20 heavy (non-hydrogen) atoms. The molecule has 0 radical (unpaired) electrons. The second kappa shape index (κ2) is 3.86. The van der Waals surface area contributed by atoms with Crippen molar-refractivity contribution < 1.29 is 19.1 Å². The van der Waals surface area contributed by atoms with Crippen LogP contribution in [0, 0.1) is 17.3 Å². The van der Waals surface area contributed by atoms with Gasteiger partial charge in [0.2, 0.25) is 0 Å². The average Bonchev–Trinajstić information content (AvgIpc) is 2.58. The Hall–Kier alpha value is -1.32. The third-order valence-corrected chi connectivity index (χ3v) is 5.11. The summed E-state index contributed by atoms with van der Waals surface area (Å²) in [5.74, 6) is -0.236. The largest absolute Gasteiger partial charge is 0.462 e. The van der Waals surface area contributed by atoms with Crippen molar-refractivity contribution in [2.24, 2.45) is 17.3 Å². The third kappa shape index (κ3) is 1.66. The lowest BCUT2D eigenvalue weighted by Crippen LogP contribution is -2.39. The number of carbonyl (C=O) groups is 2. The molecule has 0 aromatic heterocycles. The topological polar surface area (TPSA) is 52.6 Å². The number of hydrogen-bond donors (Lipinski definition) is 0. The molecule has 3 rings (SSSR count). The molecule has 0 spiro atoms. The fourth-order valence-corrected chi connectivity index (χ4v) is 4.79. The summed E-state index contributed by atoms with van der Waals surface area (Å²) in [5, 5.41) is 0. The Balaban J connectivity index is 2.12. The molecule has 4 heteroatoms. The Bertz CT molecular complexity index is 531. The number of esters is 2. The first-order valence-corrected chi connectivity index (χ1v) is 7.31. The first kappa shape index (κ1) is 13.7. The van der Waals surface area contributed by atoms with Crippen molar-refractivity contribution in [1.82, 2.24) is 0 Å². The van der Waals surface area contributed by atoms with Crippen molar-refractivity contribution in [3.8, 4) is 0 Å². The van der Waals surface area contributed by atoms with Crippen LogP contribution < -0.4 is 0 Å². The van der Waals surface area contributed by atoms with Gasteiger partial charge >= 0.3 is 11.9 Å². The van der Waals surface area contributed by atoms with Crippen molar-refractivity contribution in [2.75, 3.05) is 0 Å². The Morgan fingerprint density at radius 1 is 1.35 bits per heavy atom. The lowest BCUT2D eigenvalue weighted by Gasteiger charge is -2.38. The standard InChI is InChI=1S/C16H22O4/c1-8-6-10(19-9(2)17)12-13-11(8)14(18)20-16(13,5)7-15(12,3)4/h8,10,12H,6-7H2,1-5H3. The summed E-state index contributed by atoms with van der Waals surface area (Å²) < 4.78 is 11.3. The van der Waals surface area contributed by atoms with Gasteiger partial charge in [-0.05, 0) is 36.7 Å². The van der Waals surface area contributed by atoms with E-state index in [0.717, 1.165) is 17.6 Å². The van der Waals surface area contributed by atoms with E-state index in [1.807, 2.05) is 13.8 Å². The van der Waals surface area contributed by atoms with Gasteiger partial charge in [0.15, 0.2) is 0 Å². The van der Waals surface area contributed by atoms with Gasteiger partial charge in [-0.2, -0.15) is 0 Å². The van der Waals surface area contributed by atoms with Crippen molar-refractivity contribution in [3.05, 3.63) is 11.1 Å². The summed E-state index contributed by atoms with van der Waals surface area (Å²) in [6.07, 6.45) is 1.35. The zero-order valence-corrected chi connectivity index (χ0v) is 12.8. The number of hydrogen-bond acceptors (Lipinski definition) is 4. The molecule has 4 nitrogen and oxygen atoms in total. The number of rotatable bonds is 1. The minimum Gasteiger partial charge on any atom is -0.462 e. The van der Waals surface area contributed by atoms with Crippen LogP contribution in [0.1, 0.15) is 47.5 Å². The van der Waals surface area contributed by atoms with E-state index in [0.29, 0.717) is 6.42 Å². The van der Waals surface area contributed by atoms with Crippen LogP contribution in [0.25, 0.3) is 0 Å². The van der Waals surface area contributed by atoms with Gasteiger partial charge in [0.25, 0.3) is 0 Å². The van der Waals surface area contributed by atoms with Gasteiger partial charge in [-0.1, -0.05) is 20.8 Å². The van der Waals surface area contributed by atoms with Crippen LogP contribution in [0.15, 0.2) is 11.1 Å². The van der Waals surface area contributed by atoms with Gasteiger partial charge in [0.1, 0.15) is 11.7 Å². The number of ether oxygens (including phenoxy) is 2. The molecular formula is C16H22O4. The van der Waals surface area contributed by atoms with Crippen molar-refractivity contribution in [1.29, 1.82) is 0 Å². The summed E-state index contributed by atoms with van der Waals surface area (Å²) >= 11 is 0. The molecule has 0 aromatic rings. The molecule has 2 aliphatic carbocycles. The van der Waals surface area contributed by atoms with Crippen LogP contribution in [0.2, 0.25) is 0 Å². The fourth-order valence-electron chi connectivity index (χ4n) is 4.79. The molecule has 1 saturated carbocycles. The molecule has 1 aliphatic heterocycles. The van der Waals surface area contributed by atoms with Crippen LogP contribution in [0.5, 0.6) is 0 Å². The molecule has 110 valence electrons. The maximum atomic E-state index is 12.2. The van der Waals surface area contributed by atoms with E-state index in [9.17, 15) is 9.59 Å². The van der Waals surface area contributed by atoms with E-state index in [2.05, 4.69) is 13.8 Å². The summed E-state index contributed by atoms with van der Waals surface area (Å²) in [4.78, 5) is 23.6. The maximum Gasteiger partial charge on any atom is 0.335 e. The first-order chi connectivity index (χ1) is 9.16. The molecule has 1 heterocycles. The third-order valence-electron chi connectivity index (χ3n) is 5.11. The molecule has 0 aromatic carbocycles. The lowest BCUT2D eigenvalue weighted by molar-refractivity contribution is -0.151. The van der Waals surface area contributed by atoms with E-state index in [-0.39, 0.29) is 35.3 Å². The van der Waals surface area contributed by atoms with Gasteiger partial charge in [-0.15, -0.1) is 0 Å². The minimum atomic E-state index is -0.506. The summed E-state index contributed by atoms with van der Waals surface area (Å²) in [7, 11) is 0. The lowest BCUT2D eigenvalue weighted by atomic mass is 9.69. The van der Waals surface area contributed by atoms with Crippen LogP contribution in [0.3, 0.4) is 0 Å². The van der Waals surface area contributed by atoms with Crippen LogP contribution in [0.4, 0.5) is 0 Å². The summed E-state index contributed by atoms with van der Waals surface area (Å²) in [5.41, 5.74) is 1.40. The Morgan fingerprint density at radius 3 is 2.60 bits per heavy atom. The van der Waals surface area contributed by atoms with E-state index in [1.54, 1.807) is 0 Å². The Morgan fingerprint density at radius 2 is 2.00 bits per heavy atom. The highest BCUT2D eigenvalue weighted by Crippen LogP contribution is 2.62. The zero-order chi connectivity index (χ0) is 14.9. The van der Waals surface area contributed by atoms with Gasteiger partial charge in [-0.3, -0.25) is 4.79 Å². The summed E-state index contributed by atoms with van der Waals surface area (Å²) in [6.45, 7) is 9.82. The fraction of sp³-hybridized carbons (Fsp3) is 0.750. The molecule has 0 N–H and O–H groups in total. The zero-order valence-electron chi connectivity index (χ0n) is 12.8. The van der Waals surface area contributed by atoms with Gasteiger partial charge in [-0.25, -0.2) is 4.79 Å². The quantitative estimate of drug-likeness (QED) is 0.692. The second-order valence-electron chi connectivity index (χ2n) is 7.38. The minimum absolute atomic E-state index is 0.0315. The van der Waals surface area contributed by atoms with E-state index >= 15 is 0 Å². The molecule has 3 aliphatic rings. The smallest absolute Gasteiger partial charge is 0.335 e. The van der Waals surface area contributed by atoms with Crippen molar-refractivity contribution >= 4 is 11.9 Å². The Labute approximate surface area is 119 Å². The monoisotopic (exact) mass is 278 g/mol. The molecule has 0 saturated heterocycles. The molecular weight excluding hydrogens is 256 g/mol. The highest BCUT2D eigenvalue weighted by atomic mass is 16.6. The summed E-state index contributed by atoms with van der Waals surface area (Å²) in [6, 6.07) is 0. The molecule has 0 amide bonds. The molecule has 1 fully saturated rings. The molecule has 0 bridgehead atoms. The van der Waals surface area contributed by atoms with Crippen molar-refractivity contribution in [3.63, 3.8) is 0 Å². The maximum absolute atomic E-state index is 12.2. The van der Waals surface area contributed by atoms with Crippen LogP contribution in [-0.4, -0.2) is 23.6 Å². The Kier molecular flexibility index (Phi) is 2.64. The molecule has 4 atom stereocenters. The van der Waals surface area contributed by atoms with Crippen LogP contribution >= 0.6 is 0 Å². The normalized spacial score (nSPS) is 41.5. The predicted octanol–water partition coefficient (Wildman–Crippen LogP) is 2.62. The SMILES string of the molecule is CC(=O)OC1CC(C)C2=C3C1C(C)(C)CC3(C)OC2=O. The van der Waals surface area contributed by atoms with E-state index < -0.39 is 5.60 Å². The number of carbonyl (C=O) groups excluding carboxylic acids is 2. The average molecular weight is 278 g/mol. The van der Waals surface area contributed by atoms with Gasteiger partial charge < -0.3 is 9.47 Å². The van der Waals surface area contributed by atoms with E-state index in [4.69, 9.17) is 9.47 Å². The van der Waals surface area contributed by atoms with Gasteiger partial charge in [0, 0.05) is 18.4 Å². The second-order valence-corrected chi connectivity index (χ2v) is 7.38. The first-order valence-electron chi connectivity index (χ1n) is 7.31.